The zero-order valence-electron chi connectivity index (χ0n) is 13.1. The summed E-state index contributed by atoms with van der Waals surface area (Å²) in [7, 11) is 0. The highest BCUT2D eigenvalue weighted by atomic mass is 16.2. The molecular formula is C15H19N5O3. The summed E-state index contributed by atoms with van der Waals surface area (Å²) in [6, 6.07) is 5.31. The van der Waals surface area contributed by atoms with Gasteiger partial charge in [-0.05, 0) is 32.4 Å². The summed E-state index contributed by atoms with van der Waals surface area (Å²) in [5.41, 5.74) is 0.166. The van der Waals surface area contributed by atoms with Crippen molar-refractivity contribution in [1.82, 2.24) is 24.9 Å². The third-order valence-electron chi connectivity index (χ3n) is 3.34. The summed E-state index contributed by atoms with van der Waals surface area (Å²) in [5, 5.41) is 10.7. The first kappa shape index (κ1) is 16.6. The smallest absolute Gasteiger partial charge is 0.267 e. The maximum atomic E-state index is 12.1. The highest BCUT2D eigenvalue weighted by Crippen LogP contribution is 2.00. The van der Waals surface area contributed by atoms with Crippen molar-refractivity contribution in [2.75, 3.05) is 6.54 Å². The summed E-state index contributed by atoms with van der Waals surface area (Å²) in [6.07, 6.45) is 2.10. The average Bonchev–Trinajstić information content (AvgIpc) is 2.54. The molecule has 8 heteroatoms. The minimum atomic E-state index is -0.694. The van der Waals surface area contributed by atoms with Gasteiger partial charge in [0.25, 0.3) is 11.1 Å². The lowest BCUT2D eigenvalue weighted by atomic mass is 10.3. The molecule has 2 aromatic heterocycles. The number of hydrogen-bond donors (Lipinski definition) is 1. The van der Waals surface area contributed by atoms with Crippen LogP contribution in [0.15, 0.2) is 40.1 Å². The number of carbonyl (C=O) groups excluding carboxylic acids is 1. The van der Waals surface area contributed by atoms with Gasteiger partial charge in [0, 0.05) is 31.4 Å². The second kappa shape index (κ2) is 7.48. The molecule has 1 atom stereocenters. The van der Waals surface area contributed by atoms with Crippen molar-refractivity contribution in [3.8, 4) is 0 Å². The van der Waals surface area contributed by atoms with Gasteiger partial charge in [0.15, 0.2) is 0 Å². The van der Waals surface area contributed by atoms with Crippen molar-refractivity contribution in [3.05, 3.63) is 56.9 Å². The van der Waals surface area contributed by atoms with Gasteiger partial charge < -0.3 is 5.32 Å². The van der Waals surface area contributed by atoms with Crippen molar-refractivity contribution in [3.63, 3.8) is 0 Å². The third-order valence-corrected chi connectivity index (χ3v) is 3.34. The van der Waals surface area contributed by atoms with Crippen molar-refractivity contribution in [1.29, 1.82) is 0 Å². The summed E-state index contributed by atoms with van der Waals surface area (Å²) in [5.74, 6) is -0.293. The molecule has 2 rings (SSSR count). The van der Waals surface area contributed by atoms with Gasteiger partial charge in [-0.25, -0.2) is 9.36 Å². The van der Waals surface area contributed by atoms with Crippen LogP contribution in [0.4, 0.5) is 0 Å². The van der Waals surface area contributed by atoms with Gasteiger partial charge in [-0.2, -0.15) is 10.2 Å². The second-order valence-electron chi connectivity index (χ2n) is 5.16. The number of carbonyl (C=O) groups is 1. The summed E-state index contributed by atoms with van der Waals surface area (Å²) >= 11 is 0. The molecule has 0 aliphatic carbocycles. The molecule has 1 unspecified atom stereocenters. The molecule has 0 spiro atoms. The molecule has 122 valence electrons. The van der Waals surface area contributed by atoms with Crippen LogP contribution in [0.1, 0.15) is 25.1 Å². The second-order valence-corrected chi connectivity index (χ2v) is 5.16. The zero-order valence-corrected chi connectivity index (χ0v) is 13.1. The van der Waals surface area contributed by atoms with Crippen LogP contribution < -0.4 is 16.4 Å². The lowest BCUT2D eigenvalue weighted by Gasteiger charge is -2.14. The van der Waals surface area contributed by atoms with Crippen LogP contribution in [0.3, 0.4) is 0 Å². The van der Waals surface area contributed by atoms with E-state index in [1.54, 1.807) is 26.0 Å². The molecule has 0 aliphatic heterocycles. The van der Waals surface area contributed by atoms with Crippen LogP contribution in [0.2, 0.25) is 0 Å². The molecule has 2 aromatic rings. The standard InChI is InChI=1S/C15H19N5O3/c1-11-6-7-14(22)20(18-11)12(2)15(23)16-8-4-10-19-13(21)5-3-9-17-19/h3,5-7,9,12H,4,8,10H2,1-2H3,(H,16,23). The SMILES string of the molecule is Cc1ccc(=O)n(C(C)C(=O)NCCCn2ncccc2=O)n1. The molecule has 0 saturated heterocycles. The molecular weight excluding hydrogens is 298 g/mol. The van der Waals surface area contributed by atoms with E-state index in [4.69, 9.17) is 0 Å². The van der Waals surface area contributed by atoms with Crippen LogP contribution in [-0.4, -0.2) is 32.0 Å². The molecule has 0 saturated carbocycles. The Morgan fingerprint density at radius 3 is 2.78 bits per heavy atom. The minimum Gasteiger partial charge on any atom is -0.354 e. The van der Waals surface area contributed by atoms with E-state index in [9.17, 15) is 14.4 Å². The monoisotopic (exact) mass is 317 g/mol. The molecule has 2 heterocycles. The van der Waals surface area contributed by atoms with E-state index < -0.39 is 6.04 Å². The fourth-order valence-electron chi connectivity index (χ4n) is 2.05. The Bertz CT molecular complexity index is 796. The molecule has 0 aromatic carbocycles. The summed E-state index contributed by atoms with van der Waals surface area (Å²) in [6.45, 7) is 4.17. The van der Waals surface area contributed by atoms with E-state index in [-0.39, 0.29) is 17.0 Å². The largest absolute Gasteiger partial charge is 0.354 e. The van der Waals surface area contributed by atoms with Crippen LogP contribution in [0.25, 0.3) is 0 Å². The van der Waals surface area contributed by atoms with Gasteiger partial charge in [0.05, 0.1) is 5.69 Å². The number of rotatable bonds is 6. The first-order valence-electron chi connectivity index (χ1n) is 7.35. The topological polar surface area (TPSA) is 98.9 Å². The maximum Gasteiger partial charge on any atom is 0.267 e. The van der Waals surface area contributed by atoms with Crippen LogP contribution in [0.5, 0.6) is 0 Å². The van der Waals surface area contributed by atoms with Crippen molar-refractivity contribution < 1.29 is 4.79 Å². The molecule has 0 fully saturated rings. The Morgan fingerprint density at radius 1 is 1.26 bits per heavy atom. The van der Waals surface area contributed by atoms with E-state index >= 15 is 0 Å². The predicted molar refractivity (Wildman–Crippen MR) is 84.1 cm³/mol. The number of nitrogens with zero attached hydrogens (tertiary/aromatic N) is 4. The summed E-state index contributed by atoms with van der Waals surface area (Å²) in [4.78, 5) is 35.3. The predicted octanol–water partition coefficient (Wildman–Crippen LogP) is -0.124. The Hall–Kier alpha value is -2.77. The van der Waals surface area contributed by atoms with Crippen molar-refractivity contribution in [2.24, 2.45) is 0 Å². The molecule has 0 bridgehead atoms. The van der Waals surface area contributed by atoms with E-state index in [1.807, 2.05) is 0 Å². The first-order valence-corrected chi connectivity index (χ1v) is 7.35. The van der Waals surface area contributed by atoms with Crippen LogP contribution >= 0.6 is 0 Å². The van der Waals surface area contributed by atoms with E-state index in [0.29, 0.717) is 25.2 Å². The van der Waals surface area contributed by atoms with Gasteiger partial charge in [0.2, 0.25) is 5.91 Å². The lowest BCUT2D eigenvalue weighted by Crippen LogP contribution is -2.37. The molecule has 0 aliphatic rings. The van der Waals surface area contributed by atoms with Gasteiger partial charge >= 0.3 is 0 Å². The summed E-state index contributed by atoms with van der Waals surface area (Å²) < 4.78 is 2.50. The number of hydrogen-bond acceptors (Lipinski definition) is 5. The van der Waals surface area contributed by atoms with E-state index in [0.717, 1.165) is 4.68 Å². The van der Waals surface area contributed by atoms with Gasteiger partial charge in [-0.3, -0.25) is 14.4 Å². The van der Waals surface area contributed by atoms with Crippen LogP contribution in [-0.2, 0) is 11.3 Å². The molecule has 1 N–H and O–H groups in total. The van der Waals surface area contributed by atoms with Gasteiger partial charge in [-0.1, -0.05) is 0 Å². The lowest BCUT2D eigenvalue weighted by molar-refractivity contribution is -0.124. The Labute approximate surface area is 132 Å². The highest BCUT2D eigenvalue weighted by Gasteiger charge is 2.16. The van der Waals surface area contributed by atoms with Crippen molar-refractivity contribution in [2.45, 2.75) is 32.9 Å². The molecule has 8 nitrogen and oxygen atoms in total. The Morgan fingerprint density at radius 2 is 2.04 bits per heavy atom. The quantitative estimate of drug-likeness (QED) is 0.749. The molecule has 0 radical (unpaired) electrons. The Kier molecular flexibility index (Phi) is 5.40. The molecule has 1 amide bonds. The number of aryl methyl sites for hydroxylation is 2. The van der Waals surface area contributed by atoms with Crippen molar-refractivity contribution >= 4 is 5.91 Å². The molecule has 23 heavy (non-hydrogen) atoms. The number of nitrogens with one attached hydrogen (secondary N) is 1. The van der Waals surface area contributed by atoms with E-state index in [1.165, 1.54) is 23.0 Å². The normalized spacial score (nSPS) is 11.9. The van der Waals surface area contributed by atoms with Gasteiger partial charge in [0.1, 0.15) is 6.04 Å². The van der Waals surface area contributed by atoms with E-state index in [2.05, 4.69) is 15.5 Å². The minimum absolute atomic E-state index is 0.178. The first-order chi connectivity index (χ1) is 11.0. The highest BCUT2D eigenvalue weighted by molar-refractivity contribution is 5.79. The number of aromatic nitrogens is 4. The van der Waals surface area contributed by atoms with Crippen LogP contribution in [0, 0.1) is 6.92 Å². The zero-order chi connectivity index (χ0) is 16.8. The number of amides is 1. The maximum absolute atomic E-state index is 12.1. The average molecular weight is 317 g/mol. The third kappa shape index (κ3) is 4.35. The fourth-order valence-corrected chi connectivity index (χ4v) is 2.05. The van der Waals surface area contributed by atoms with Gasteiger partial charge in [-0.15, -0.1) is 0 Å². The fraction of sp³-hybridized carbons (Fsp3) is 0.400. The Balaban J connectivity index is 1.87.